The molecule has 0 atom stereocenters. The van der Waals surface area contributed by atoms with E-state index in [4.69, 9.17) is 0 Å². The van der Waals surface area contributed by atoms with E-state index >= 15 is 0 Å². The van der Waals surface area contributed by atoms with Crippen LogP contribution in [0.25, 0.3) is 0 Å². The molecule has 2 nitrogen and oxygen atoms in total. The van der Waals surface area contributed by atoms with Crippen LogP contribution in [0.2, 0.25) is 0 Å². The molecule has 0 amide bonds. The highest BCUT2D eigenvalue weighted by atomic mass is 32.2. The van der Waals surface area contributed by atoms with Crippen molar-refractivity contribution < 1.29 is 0 Å². The largest absolute Gasteiger partial charge is 0.317 e. The molecule has 11 heavy (non-hydrogen) atoms. The summed E-state index contributed by atoms with van der Waals surface area (Å²) in [6.45, 7) is 6.66. The second kappa shape index (κ2) is 10.3. The normalized spacial score (nSPS) is 10.4. The first-order valence-electron chi connectivity index (χ1n) is 4.32. The lowest BCUT2D eigenvalue weighted by molar-refractivity contribution is 0.621. The fourth-order valence-electron chi connectivity index (χ4n) is 0.814. The Morgan fingerprint density at radius 2 is 1.82 bits per heavy atom. The Labute approximate surface area is 74.5 Å². The van der Waals surface area contributed by atoms with E-state index in [1.54, 1.807) is 0 Å². The lowest BCUT2D eigenvalue weighted by Crippen LogP contribution is -2.23. The molecule has 0 saturated carbocycles. The molecule has 68 valence electrons. The molecular formula is C8H20N2S. The second-order valence-electron chi connectivity index (χ2n) is 2.45. The Morgan fingerprint density at radius 3 is 2.45 bits per heavy atom. The van der Waals surface area contributed by atoms with Gasteiger partial charge in [-0.3, -0.25) is 0 Å². The average molecular weight is 176 g/mol. The summed E-state index contributed by atoms with van der Waals surface area (Å²) in [4.78, 5) is 0. The molecule has 0 bridgehead atoms. The third kappa shape index (κ3) is 10.3. The van der Waals surface area contributed by atoms with Crippen molar-refractivity contribution in [2.45, 2.75) is 13.3 Å². The summed E-state index contributed by atoms with van der Waals surface area (Å²) >= 11 is 1.89. The molecule has 0 unspecified atom stereocenters. The van der Waals surface area contributed by atoms with E-state index in [9.17, 15) is 0 Å². The number of nitrogens with one attached hydrogen (secondary N) is 2. The van der Waals surface area contributed by atoms with Crippen LogP contribution in [-0.2, 0) is 0 Å². The summed E-state index contributed by atoms with van der Waals surface area (Å²) in [6, 6.07) is 0. The predicted octanol–water partition coefficient (Wildman–Crippen LogP) is 0.939. The SMILES string of the molecule is CCNCCCNCCSC. The number of hydrogen-bond donors (Lipinski definition) is 2. The smallest absolute Gasteiger partial charge is 0.00553 e. The van der Waals surface area contributed by atoms with E-state index in [1.165, 1.54) is 12.2 Å². The van der Waals surface area contributed by atoms with Crippen LogP contribution in [0.5, 0.6) is 0 Å². The maximum Gasteiger partial charge on any atom is 0.00553 e. The zero-order valence-electron chi connectivity index (χ0n) is 7.65. The third-order valence-electron chi connectivity index (χ3n) is 1.44. The van der Waals surface area contributed by atoms with Gasteiger partial charge >= 0.3 is 0 Å². The summed E-state index contributed by atoms with van der Waals surface area (Å²) in [5.41, 5.74) is 0. The van der Waals surface area contributed by atoms with Crippen molar-refractivity contribution in [1.82, 2.24) is 10.6 Å². The van der Waals surface area contributed by atoms with E-state index in [0.717, 1.165) is 26.2 Å². The Hall–Kier alpha value is 0.270. The van der Waals surface area contributed by atoms with Gasteiger partial charge in [0.25, 0.3) is 0 Å². The Morgan fingerprint density at radius 1 is 1.09 bits per heavy atom. The molecule has 0 rings (SSSR count). The summed E-state index contributed by atoms with van der Waals surface area (Å²) in [5, 5.41) is 6.68. The van der Waals surface area contributed by atoms with E-state index in [-0.39, 0.29) is 0 Å². The van der Waals surface area contributed by atoms with Crippen molar-refractivity contribution in [2.75, 3.05) is 38.2 Å². The van der Waals surface area contributed by atoms with Crippen LogP contribution in [0, 0.1) is 0 Å². The van der Waals surface area contributed by atoms with E-state index in [2.05, 4.69) is 23.8 Å². The molecule has 2 N–H and O–H groups in total. The van der Waals surface area contributed by atoms with Crippen molar-refractivity contribution in [1.29, 1.82) is 0 Å². The summed E-state index contributed by atoms with van der Waals surface area (Å²) in [5.74, 6) is 1.22. The van der Waals surface area contributed by atoms with Crippen molar-refractivity contribution in [3.8, 4) is 0 Å². The van der Waals surface area contributed by atoms with Crippen molar-refractivity contribution >= 4 is 11.8 Å². The van der Waals surface area contributed by atoms with Crippen LogP contribution in [0.4, 0.5) is 0 Å². The van der Waals surface area contributed by atoms with Crippen LogP contribution < -0.4 is 10.6 Å². The minimum absolute atomic E-state index is 1.09. The highest BCUT2D eigenvalue weighted by molar-refractivity contribution is 7.98. The van der Waals surface area contributed by atoms with Gasteiger partial charge < -0.3 is 10.6 Å². The molecule has 0 aromatic rings. The van der Waals surface area contributed by atoms with E-state index in [0.29, 0.717) is 0 Å². The first-order valence-corrected chi connectivity index (χ1v) is 5.71. The molecule has 0 spiro atoms. The highest BCUT2D eigenvalue weighted by Gasteiger charge is 1.86. The lowest BCUT2D eigenvalue weighted by atomic mass is 10.4. The maximum atomic E-state index is 3.38. The third-order valence-corrected chi connectivity index (χ3v) is 2.05. The Kier molecular flexibility index (Phi) is 10.5. The average Bonchev–Trinajstić information content (AvgIpc) is 2.03. The van der Waals surface area contributed by atoms with Gasteiger partial charge in [-0.1, -0.05) is 6.92 Å². The molecule has 3 heteroatoms. The van der Waals surface area contributed by atoms with Crippen LogP contribution in [0.1, 0.15) is 13.3 Å². The molecule has 0 aromatic carbocycles. The zero-order valence-corrected chi connectivity index (χ0v) is 8.47. The Bertz CT molecular complexity index is 61.1. The second-order valence-corrected chi connectivity index (χ2v) is 3.44. The monoisotopic (exact) mass is 176 g/mol. The molecule has 0 saturated heterocycles. The Balaban J connectivity index is 2.69. The first-order chi connectivity index (χ1) is 5.41. The van der Waals surface area contributed by atoms with Gasteiger partial charge in [0.1, 0.15) is 0 Å². The van der Waals surface area contributed by atoms with Gasteiger partial charge in [-0.25, -0.2) is 0 Å². The molecule has 0 aromatic heterocycles. The number of thioether (sulfide) groups is 1. The van der Waals surface area contributed by atoms with Gasteiger partial charge in [-0.05, 0) is 32.3 Å². The molecule has 0 fully saturated rings. The van der Waals surface area contributed by atoms with Gasteiger partial charge in [0.2, 0.25) is 0 Å². The highest BCUT2D eigenvalue weighted by Crippen LogP contribution is 1.86. The fraction of sp³-hybridized carbons (Fsp3) is 1.00. The molecule has 0 aliphatic heterocycles. The van der Waals surface area contributed by atoms with E-state index < -0.39 is 0 Å². The molecule has 0 aliphatic carbocycles. The van der Waals surface area contributed by atoms with Gasteiger partial charge in [0, 0.05) is 12.3 Å². The summed E-state index contributed by atoms with van der Waals surface area (Å²) < 4.78 is 0. The van der Waals surface area contributed by atoms with E-state index in [1.807, 2.05) is 11.8 Å². The van der Waals surface area contributed by atoms with Gasteiger partial charge in [0.05, 0.1) is 0 Å². The minimum atomic E-state index is 1.09. The van der Waals surface area contributed by atoms with Gasteiger partial charge in [-0.15, -0.1) is 0 Å². The standard InChI is InChI=1S/C8H20N2S/c1-3-9-5-4-6-10-7-8-11-2/h9-10H,3-8H2,1-2H3. The predicted molar refractivity (Wildman–Crippen MR) is 54.4 cm³/mol. The van der Waals surface area contributed by atoms with Gasteiger partial charge in [0.15, 0.2) is 0 Å². The lowest BCUT2D eigenvalue weighted by Gasteiger charge is -2.03. The van der Waals surface area contributed by atoms with Crippen LogP contribution >= 0.6 is 11.8 Å². The van der Waals surface area contributed by atoms with Crippen molar-refractivity contribution in [2.24, 2.45) is 0 Å². The minimum Gasteiger partial charge on any atom is -0.317 e. The summed E-state index contributed by atoms with van der Waals surface area (Å²) in [6.07, 6.45) is 3.38. The van der Waals surface area contributed by atoms with Gasteiger partial charge in [-0.2, -0.15) is 11.8 Å². The molecule has 0 heterocycles. The van der Waals surface area contributed by atoms with Crippen LogP contribution in [0.3, 0.4) is 0 Å². The topological polar surface area (TPSA) is 24.1 Å². The molecule has 0 aliphatic rings. The quantitative estimate of drug-likeness (QED) is 0.538. The zero-order chi connectivity index (χ0) is 8.36. The molecular weight excluding hydrogens is 156 g/mol. The maximum absolute atomic E-state index is 3.38. The fourth-order valence-corrected chi connectivity index (χ4v) is 1.16. The van der Waals surface area contributed by atoms with Crippen molar-refractivity contribution in [3.63, 3.8) is 0 Å². The van der Waals surface area contributed by atoms with Crippen LogP contribution in [0.15, 0.2) is 0 Å². The number of hydrogen-bond acceptors (Lipinski definition) is 3. The number of rotatable bonds is 8. The first kappa shape index (κ1) is 11.3. The van der Waals surface area contributed by atoms with Crippen LogP contribution in [-0.4, -0.2) is 38.2 Å². The molecule has 0 radical (unpaired) electrons. The van der Waals surface area contributed by atoms with Crippen molar-refractivity contribution in [3.05, 3.63) is 0 Å². The summed E-state index contributed by atoms with van der Waals surface area (Å²) in [7, 11) is 0.